The molecule has 17 heavy (non-hydrogen) atoms. The van der Waals surface area contributed by atoms with Crippen LogP contribution in [0.3, 0.4) is 0 Å². The van der Waals surface area contributed by atoms with E-state index < -0.39 is 31.2 Å². The van der Waals surface area contributed by atoms with Crippen molar-refractivity contribution >= 4 is 31.2 Å². The van der Waals surface area contributed by atoms with E-state index in [4.69, 9.17) is 27.3 Å². The van der Waals surface area contributed by atoms with Crippen LogP contribution in [0.4, 0.5) is 0 Å². The summed E-state index contributed by atoms with van der Waals surface area (Å²) in [7, 11) is -14.8. The molecule has 0 aromatic heterocycles. The largest absolute Gasteiger partial charge is 1.00 e. The van der Waals surface area contributed by atoms with E-state index in [1.165, 1.54) is 0 Å². The molecule has 17 heteroatoms. The van der Waals surface area contributed by atoms with Crippen molar-refractivity contribution in [3.05, 3.63) is 0 Å². The standard InChI is InChI=1S/K.H2O8S2.H2O5S/c;1-9(2,3)7-8-10(4,5)6;1-5-6(2,3)4/h;(H,1,2,3)(H,4,5,6);1H,(H,2,3,4)/q+1;;/p-1. The maximum Gasteiger partial charge on any atom is 1.00 e. The third-order valence-corrected chi connectivity index (χ3v) is 1.02. The predicted octanol–water partition coefficient (Wildman–Crippen LogP) is -6.37. The zero-order valence-electron chi connectivity index (χ0n) is 7.65. The fraction of sp³-hybridized carbons (Fsp3) is 0. The van der Waals surface area contributed by atoms with Crippen molar-refractivity contribution in [2.75, 3.05) is 0 Å². The summed E-state index contributed by atoms with van der Waals surface area (Å²) in [6, 6.07) is 0. The number of hydrogen-bond acceptors (Lipinski definition) is 10. The third kappa shape index (κ3) is 31.7. The van der Waals surface area contributed by atoms with Gasteiger partial charge in [-0.1, -0.05) is 8.67 Å². The van der Waals surface area contributed by atoms with E-state index in [2.05, 4.69) is 13.0 Å². The molecule has 3 N–H and O–H groups in total. The Morgan fingerprint density at radius 1 is 0.706 bits per heavy atom. The normalized spacial score (nSPS) is 12.0. The van der Waals surface area contributed by atoms with Crippen LogP contribution in [0.15, 0.2) is 0 Å². The van der Waals surface area contributed by atoms with Gasteiger partial charge in [-0.3, -0.25) is 13.7 Å². The number of rotatable bonds is 4. The van der Waals surface area contributed by atoms with Gasteiger partial charge in [0.15, 0.2) is 0 Å². The molecule has 0 fully saturated rings. The minimum absolute atomic E-state index is 0. The van der Waals surface area contributed by atoms with Gasteiger partial charge in [0, 0.05) is 0 Å². The molecule has 0 heterocycles. The number of hydrogen-bond donors (Lipinski definition) is 3. The van der Waals surface area contributed by atoms with Gasteiger partial charge < -0.3 is 9.59 Å². The first-order chi connectivity index (χ1) is 6.77. The Balaban J connectivity index is -0.000000244. The van der Waals surface area contributed by atoms with Crippen molar-refractivity contribution in [1.82, 2.24) is 0 Å². The van der Waals surface area contributed by atoms with Crippen LogP contribution in [0, 0.1) is 0 Å². The summed E-state index contributed by atoms with van der Waals surface area (Å²) in [6.07, 6.45) is 0. The molecular weight excluding hydrogens is 343 g/mol. The van der Waals surface area contributed by atoms with Crippen molar-refractivity contribution < 1.29 is 109 Å². The Morgan fingerprint density at radius 2 is 0.882 bits per heavy atom. The maximum absolute atomic E-state index is 9.51. The van der Waals surface area contributed by atoms with Gasteiger partial charge in [0.1, 0.15) is 0 Å². The molecule has 0 saturated heterocycles. The minimum atomic E-state index is -5.02. The summed E-state index contributed by atoms with van der Waals surface area (Å²) < 4.78 is 86.4. The van der Waals surface area contributed by atoms with Crippen LogP contribution in [0.2, 0.25) is 0 Å². The summed E-state index contributed by atoms with van der Waals surface area (Å²) >= 11 is 0. The second-order valence-electron chi connectivity index (χ2n) is 1.49. The Hall–Kier alpha value is 1.21. The van der Waals surface area contributed by atoms with Gasteiger partial charge in [-0.25, -0.2) is 0 Å². The van der Waals surface area contributed by atoms with Gasteiger partial charge >= 0.3 is 82.6 Å². The van der Waals surface area contributed by atoms with Crippen LogP contribution in [-0.4, -0.2) is 38.9 Å². The monoisotopic (exact) mass is 346 g/mol. The van der Waals surface area contributed by atoms with Gasteiger partial charge in [-0.2, -0.15) is 25.3 Å². The second kappa shape index (κ2) is 9.16. The molecule has 0 aromatic carbocycles. The zero-order chi connectivity index (χ0) is 13.6. The molecule has 0 aromatic rings. The van der Waals surface area contributed by atoms with Gasteiger partial charge in [-0.15, -0.1) is 0 Å². The van der Waals surface area contributed by atoms with Gasteiger partial charge in [-0.05, 0) is 0 Å². The second-order valence-corrected chi connectivity index (χ2v) is 4.46. The van der Waals surface area contributed by atoms with E-state index in [1.807, 2.05) is 0 Å². The Bertz CT molecular complexity index is 443. The van der Waals surface area contributed by atoms with Crippen LogP contribution in [0.5, 0.6) is 0 Å². The Kier molecular flexibility index (Phi) is 12.6. The molecular formula is H3KO13S3. The van der Waals surface area contributed by atoms with Gasteiger partial charge in [0.2, 0.25) is 0 Å². The van der Waals surface area contributed by atoms with E-state index >= 15 is 0 Å². The molecule has 100 valence electrons. The zero-order valence-corrected chi connectivity index (χ0v) is 13.2. The van der Waals surface area contributed by atoms with Crippen molar-refractivity contribution in [2.45, 2.75) is 0 Å². The maximum atomic E-state index is 9.51. The molecule has 0 amide bonds. The molecule has 0 bridgehead atoms. The molecule has 13 nitrogen and oxygen atoms in total. The van der Waals surface area contributed by atoms with E-state index in [9.17, 15) is 16.8 Å². The SMILES string of the molecule is O=S(=O)(O)OOS(=O)(=O)O.O=S(=O)(O)O[O-].[K+]. The van der Waals surface area contributed by atoms with Crippen molar-refractivity contribution in [3.63, 3.8) is 0 Å². The summed E-state index contributed by atoms with van der Waals surface area (Å²) in [5, 5.41) is 8.61. The fourth-order valence-corrected chi connectivity index (χ4v) is 0.632. The first-order valence-corrected chi connectivity index (χ1v) is 6.48. The molecule has 0 aliphatic carbocycles. The molecule has 0 unspecified atom stereocenters. The quantitative estimate of drug-likeness (QED) is 0.187. The summed E-state index contributed by atoms with van der Waals surface area (Å²) in [5.41, 5.74) is 0. The van der Waals surface area contributed by atoms with Gasteiger partial charge in [0.05, 0.1) is 0 Å². The van der Waals surface area contributed by atoms with Crippen LogP contribution in [-0.2, 0) is 44.2 Å². The minimum Gasteiger partial charge on any atom is -0.705 e. The average molecular weight is 346 g/mol. The molecule has 0 saturated carbocycles. The van der Waals surface area contributed by atoms with Crippen molar-refractivity contribution in [1.29, 1.82) is 0 Å². The van der Waals surface area contributed by atoms with E-state index in [0.29, 0.717) is 0 Å². The molecule has 0 rings (SSSR count). The molecule has 0 spiro atoms. The first-order valence-electron chi connectivity index (χ1n) is 2.38. The van der Waals surface area contributed by atoms with Crippen LogP contribution in [0.1, 0.15) is 0 Å². The van der Waals surface area contributed by atoms with Crippen LogP contribution in [0.25, 0.3) is 0 Å². The van der Waals surface area contributed by atoms with Crippen LogP contribution >= 0.6 is 0 Å². The van der Waals surface area contributed by atoms with E-state index in [0.717, 1.165) is 0 Å². The van der Waals surface area contributed by atoms with Crippen molar-refractivity contribution in [2.24, 2.45) is 0 Å². The topological polar surface area (TPSA) is 214 Å². The van der Waals surface area contributed by atoms with E-state index in [1.54, 1.807) is 0 Å². The van der Waals surface area contributed by atoms with Crippen LogP contribution < -0.4 is 56.6 Å². The fourth-order valence-electron chi connectivity index (χ4n) is 0.0702. The Labute approximate surface area is 138 Å². The van der Waals surface area contributed by atoms with Gasteiger partial charge in [0.25, 0.3) is 0 Å². The molecule has 0 atom stereocenters. The molecule has 0 aliphatic heterocycles. The predicted molar refractivity (Wildman–Crippen MR) is 37.9 cm³/mol. The van der Waals surface area contributed by atoms with E-state index in [-0.39, 0.29) is 51.4 Å². The summed E-state index contributed by atoms with van der Waals surface area (Å²) in [5.74, 6) is 0. The first kappa shape index (κ1) is 23.3. The summed E-state index contributed by atoms with van der Waals surface area (Å²) in [4.78, 5) is 0. The molecule has 0 aliphatic rings. The summed E-state index contributed by atoms with van der Waals surface area (Å²) in [6.45, 7) is 0. The third-order valence-electron chi connectivity index (χ3n) is 0.286. The van der Waals surface area contributed by atoms with Crippen molar-refractivity contribution in [3.8, 4) is 0 Å². The average Bonchev–Trinajstić information content (AvgIpc) is 1.98. The Morgan fingerprint density at radius 3 is 0.941 bits per heavy atom. The molecule has 0 radical (unpaired) electrons. The smallest absolute Gasteiger partial charge is 0.705 e.